The van der Waals surface area contributed by atoms with E-state index in [0.717, 1.165) is 0 Å². The molecule has 1 aromatic heterocycles. The zero-order valence-electron chi connectivity index (χ0n) is 7.65. The Morgan fingerprint density at radius 1 is 1.64 bits per heavy atom. The molecule has 1 rings (SSSR count). The molecule has 6 nitrogen and oxygen atoms in total. The lowest BCUT2D eigenvalue weighted by Gasteiger charge is -2.00. The van der Waals surface area contributed by atoms with Gasteiger partial charge in [-0.3, -0.25) is 9.59 Å². The summed E-state index contributed by atoms with van der Waals surface area (Å²) in [7, 11) is 1.29. The van der Waals surface area contributed by atoms with Crippen LogP contribution in [-0.4, -0.2) is 30.7 Å². The standard InChI is InChI=1S/C8H10N2O4/c1-13-7(11)2-4-9-8(12)6-3-5-14-10-6/h3,5H,2,4H2,1H3,(H,9,12). The van der Waals surface area contributed by atoms with Gasteiger partial charge in [-0.25, -0.2) is 0 Å². The number of aromatic nitrogens is 1. The van der Waals surface area contributed by atoms with E-state index in [9.17, 15) is 9.59 Å². The molecule has 6 heteroatoms. The van der Waals surface area contributed by atoms with Crippen LogP contribution in [0.25, 0.3) is 0 Å². The lowest BCUT2D eigenvalue weighted by atomic mass is 10.4. The number of carbonyl (C=O) groups excluding carboxylic acids is 2. The van der Waals surface area contributed by atoms with Crippen molar-refractivity contribution in [1.82, 2.24) is 10.5 Å². The number of amides is 1. The van der Waals surface area contributed by atoms with Gasteiger partial charge in [0.15, 0.2) is 5.69 Å². The van der Waals surface area contributed by atoms with Gasteiger partial charge in [-0.15, -0.1) is 0 Å². The average Bonchev–Trinajstić information content (AvgIpc) is 2.70. The van der Waals surface area contributed by atoms with Crippen LogP contribution in [0.15, 0.2) is 16.9 Å². The molecule has 0 saturated heterocycles. The second kappa shape index (κ2) is 5.00. The summed E-state index contributed by atoms with van der Waals surface area (Å²) in [5.74, 6) is -0.742. The predicted octanol–water partition coefficient (Wildman–Crippen LogP) is -0.0325. The number of ether oxygens (including phenoxy) is 1. The topological polar surface area (TPSA) is 81.4 Å². The summed E-state index contributed by atoms with van der Waals surface area (Å²) >= 11 is 0. The van der Waals surface area contributed by atoms with Gasteiger partial charge in [-0.2, -0.15) is 0 Å². The third-order valence-electron chi connectivity index (χ3n) is 1.51. The third-order valence-corrected chi connectivity index (χ3v) is 1.51. The first kappa shape index (κ1) is 10.2. The molecule has 0 fully saturated rings. The van der Waals surface area contributed by atoms with Crippen molar-refractivity contribution in [3.8, 4) is 0 Å². The van der Waals surface area contributed by atoms with Gasteiger partial charge in [0.2, 0.25) is 0 Å². The zero-order chi connectivity index (χ0) is 10.4. The first-order valence-corrected chi connectivity index (χ1v) is 3.99. The van der Waals surface area contributed by atoms with E-state index >= 15 is 0 Å². The molecule has 1 amide bonds. The molecule has 0 unspecified atom stereocenters. The number of methoxy groups -OCH3 is 1. The second-order valence-electron chi connectivity index (χ2n) is 2.47. The van der Waals surface area contributed by atoms with Crippen molar-refractivity contribution < 1.29 is 18.8 Å². The molecule has 1 N–H and O–H groups in total. The van der Waals surface area contributed by atoms with Crippen LogP contribution in [0.1, 0.15) is 16.9 Å². The molecule has 0 bridgehead atoms. The molecule has 0 aliphatic heterocycles. The Hall–Kier alpha value is -1.85. The monoisotopic (exact) mass is 198 g/mol. The number of rotatable bonds is 4. The lowest BCUT2D eigenvalue weighted by Crippen LogP contribution is -2.26. The van der Waals surface area contributed by atoms with Gasteiger partial charge in [0, 0.05) is 12.6 Å². The Kier molecular flexibility index (Phi) is 3.66. The zero-order valence-corrected chi connectivity index (χ0v) is 7.65. The predicted molar refractivity (Wildman–Crippen MR) is 45.5 cm³/mol. The fourth-order valence-electron chi connectivity index (χ4n) is 0.800. The summed E-state index contributed by atoms with van der Waals surface area (Å²) in [6.07, 6.45) is 1.44. The van der Waals surface area contributed by atoms with Crippen molar-refractivity contribution >= 4 is 11.9 Å². The van der Waals surface area contributed by atoms with Crippen molar-refractivity contribution in [3.05, 3.63) is 18.0 Å². The molecule has 1 heterocycles. The second-order valence-corrected chi connectivity index (χ2v) is 2.47. The van der Waals surface area contributed by atoms with Gasteiger partial charge >= 0.3 is 5.97 Å². The van der Waals surface area contributed by atoms with E-state index in [0.29, 0.717) is 0 Å². The van der Waals surface area contributed by atoms with Crippen LogP contribution in [0.3, 0.4) is 0 Å². The summed E-state index contributed by atoms with van der Waals surface area (Å²) in [6.45, 7) is 0.221. The fraction of sp³-hybridized carbons (Fsp3) is 0.375. The minimum absolute atomic E-state index is 0.139. The van der Waals surface area contributed by atoms with Crippen LogP contribution >= 0.6 is 0 Å². The largest absolute Gasteiger partial charge is 0.469 e. The molecule has 1 aromatic rings. The van der Waals surface area contributed by atoms with Crippen LogP contribution in [0.4, 0.5) is 0 Å². The quantitative estimate of drug-likeness (QED) is 0.687. The highest BCUT2D eigenvalue weighted by atomic mass is 16.5. The molecular weight excluding hydrogens is 188 g/mol. The van der Waals surface area contributed by atoms with Crippen LogP contribution < -0.4 is 5.32 Å². The van der Waals surface area contributed by atoms with Crippen LogP contribution in [0.5, 0.6) is 0 Å². The minimum Gasteiger partial charge on any atom is -0.469 e. The smallest absolute Gasteiger partial charge is 0.307 e. The minimum atomic E-state index is -0.373. The Balaban J connectivity index is 2.26. The highest BCUT2D eigenvalue weighted by Gasteiger charge is 2.08. The van der Waals surface area contributed by atoms with E-state index in [1.165, 1.54) is 19.4 Å². The molecule has 0 aromatic carbocycles. The van der Waals surface area contributed by atoms with E-state index in [2.05, 4.69) is 19.7 Å². The summed E-state index contributed by atoms with van der Waals surface area (Å²) in [4.78, 5) is 21.9. The molecule has 0 aliphatic carbocycles. The molecule has 0 saturated carbocycles. The molecule has 76 valence electrons. The van der Waals surface area contributed by atoms with E-state index in [4.69, 9.17) is 0 Å². The Labute approximate surface area is 80.2 Å². The van der Waals surface area contributed by atoms with Crippen molar-refractivity contribution in [2.45, 2.75) is 6.42 Å². The highest BCUT2D eigenvalue weighted by Crippen LogP contribution is 1.93. The van der Waals surface area contributed by atoms with E-state index in [1.807, 2.05) is 0 Å². The maximum Gasteiger partial charge on any atom is 0.307 e. The first-order valence-electron chi connectivity index (χ1n) is 3.99. The summed E-state index contributed by atoms with van der Waals surface area (Å²) in [5.41, 5.74) is 0.190. The number of nitrogens with zero attached hydrogens (tertiary/aromatic N) is 1. The van der Waals surface area contributed by atoms with E-state index in [-0.39, 0.29) is 30.5 Å². The average molecular weight is 198 g/mol. The van der Waals surface area contributed by atoms with Crippen molar-refractivity contribution in [3.63, 3.8) is 0 Å². The van der Waals surface area contributed by atoms with Crippen molar-refractivity contribution in [2.75, 3.05) is 13.7 Å². The third kappa shape index (κ3) is 2.89. The molecular formula is C8H10N2O4. The number of esters is 1. The number of hydrogen-bond acceptors (Lipinski definition) is 5. The number of nitrogens with one attached hydrogen (secondary N) is 1. The first-order chi connectivity index (χ1) is 6.74. The Morgan fingerprint density at radius 3 is 3.00 bits per heavy atom. The Morgan fingerprint density at radius 2 is 2.43 bits per heavy atom. The van der Waals surface area contributed by atoms with Gasteiger partial charge < -0.3 is 14.6 Å². The Bertz CT molecular complexity index is 307. The lowest BCUT2D eigenvalue weighted by molar-refractivity contribution is -0.140. The molecule has 0 aliphatic rings. The fourth-order valence-corrected chi connectivity index (χ4v) is 0.800. The highest BCUT2D eigenvalue weighted by molar-refractivity contribution is 5.92. The molecule has 14 heavy (non-hydrogen) atoms. The van der Waals surface area contributed by atoms with Gasteiger partial charge in [-0.1, -0.05) is 5.16 Å². The van der Waals surface area contributed by atoms with E-state index in [1.54, 1.807) is 0 Å². The van der Waals surface area contributed by atoms with E-state index < -0.39 is 0 Å². The van der Waals surface area contributed by atoms with Crippen LogP contribution in [0.2, 0.25) is 0 Å². The normalized spacial score (nSPS) is 9.50. The molecule has 0 atom stereocenters. The molecule has 0 spiro atoms. The van der Waals surface area contributed by atoms with Crippen LogP contribution in [-0.2, 0) is 9.53 Å². The number of carbonyl (C=O) groups is 2. The summed E-state index contributed by atoms with van der Waals surface area (Å²) in [6, 6.07) is 1.44. The van der Waals surface area contributed by atoms with Crippen molar-refractivity contribution in [1.29, 1.82) is 0 Å². The van der Waals surface area contributed by atoms with Gasteiger partial charge in [0.05, 0.1) is 13.5 Å². The van der Waals surface area contributed by atoms with Gasteiger partial charge in [0.1, 0.15) is 6.26 Å². The maximum absolute atomic E-state index is 11.2. The number of hydrogen-bond donors (Lipinski definition) is 1. The van der Waals surface area contributed by atoms with Gasteiger partial charge in [0.25, 0.3) is 5.91 Å². The molecule has 0 radical (unpaired) electrons. The van der Waals surface area contributed by atoms with Crippen LogP contribution in [0, 0.1) is 0 Å². The van der Waals surface area contributed by atoms with Gasteiger partial charge in [-0.05, 0) is 0 Å². The summed E-state index contributed by atoms with van der Waals surface area (Å²) in [5, 5.41) is 5.92. The van der Waals surface area contributed by atoms with Crippen molar-refractivity contribution in [2.24, 2.45) is 0 Å². The summed E-state index contributed by atoms with van der Waals surface area (Å²) < 4.78 is 8.88. The maximum atomic E-state index is 11.2. The SMILES string of the molecule is COC(=O)CCNC(=O)c1ccon1.